The number of halogens is 1. The number of pyridine rings is 1. The molecule has 6 heteroatoms. The number of unbranched alkanes of at least 4 members (excludes halogenated alkanes) is 1. The van der Waals surface area contributed by atoms with Crippen LogP contribution in [0.2, 0.25) is 0 Å². The maximum Gasteiger partial charge on any atom is 0.160 e. The number of nitrogens with zero attached hydrogens (tertiary/aromatic N) is 5. The molecule has 110 valence electrons. The van der Waals surface area contributed by atoms with E-state index in [9.17, 15) is 0 Å². The van der Waals surface area contributed by atoms with Crippen molar-refractivity contribution >= 4 is 22.8 Å². The Morgan fingerprint density at radius 1 is 1.14 bits per heavy atom. The lowest BCUT2D eigenvalue weighted by molar-refractivity contribution is 0.550. The van der Waals surface area contributed by atoms with Crippen molar-refractivity contribution < 1.29 is 0 Å². The summed E-state index contributed by atoms with van der Waals surface area (Å²) in [6.45, 7) is 3.87. The van der Waals surface area contributed by atoms with Crippen LogP contribution in [0.1, 0.15) is 24.4 Å². The fraction of sp³-hybridized carbons (Fsp3) is 0.400. The van der Waals surface area contributed by atoms with Crippen molar-refractivity contribution in [2.75, 3.05) is 0 Å². The highest BCUT2D eigenvalue weighted by Crippen LogP contribution is 2.17. The van der Waals surface area contributed by atoms with Gasteiger partial charge in [0.25, 0.3) is 0 Å². The fourth-order valence-electron chi connectivity index (χ4n) is 2.46. The predicted molar refractivity (Wildman–Crippen MR) is 83.3 cm³/mol. The number of aryl methyl sites for hydroxylation is 3. The number of hydrogen-bond donors (Lipinski definition) is 0. The number of aromatic nitrogens is 5. The van der Waals surface area contributed by atoms with Crippen LogP contribution in [-0.4, -0.2) is 24.1 Å². The van der Waals surface area contributed by atoms with E-state index in [2.05, 4.69) is 24.1 Å². The molecular formula is C15H18ClN5. The van der Waals surface area contributed by atoms with Gasteiger partial charge in [-0.3, -0.25) is 0 Å². The predicted octanol–water partition coefficient (Wildman–Crippen LogP) is 3.16. The van der Waals surface area contributed by atoms with Crippen molar-refractivity contribution in [2.24, 2.45) is 0 Å². The van der Waals surface area contributed by atoms with Gasteiger partial charge < -0.3 is 9.13 Å². The number of fused-ring (bicyclic) bond motifs is 1. The van der Waals surface area contributed by atoms with Gasteiger partial charge in [0, 0.05) is 31.2 Å². The lowest BCUT2D eigenvalue weighted by atomic mass is 10.3. The van der Waals surface area contributed by atoms with E-state index >= 15 is 0 Å². The van der Waals surface area contributed by atoms with Gasteiger partial charge in [0.1, 0.15) is 11.3 Å². The molecule has 21 heavy (non-hydrogen) atoms. The summed E-state index contributed by atoms with van der Waals surface area (Å²) < 4.78 is 4.24. The Kier molecular flexibility index (Phi) is 4.20. The molecule has 5 nitrogen and oxygen atoms in total. The second-order valence-electron chi connectivity index (χ2n) is 5.12. The van der Waals surface area contributed by atoms with Gasteiger partial charge in [-0.2, -0.15) is 0 Å². The first-order chi connectivity index (χ1) is 10.3. The minimum absolute atomic E-state index is 0.414. The van der Waals surface area contributed by atoms with Gasteiger partial charge in [0.05, 0.1) is 12.2 Å². The normalized spacial score (nSPS) is 11.3. The Morgan fingerprint density at radius 2 is 2.00 bits per heavy atom. The molecule has 0 bridgehead atoms. The van der Waals surface area contributed by atoms with Crippen molar-refractivity contribution in [3.05, 3.63) is 42.4 Å². The van der Waals surface area contributed by atoms with E-state index in [4.69, 9.17) is 11.6 Å². The smallest absolute Gasteiger partial charge is 0.160 e. The van der Waals surface area contributed by atoms with Crippen LogP contribution in [0.15, 0.2) is 30.9 Å². The first-order valence-corrected chi connectivity index (χ1v) is 7.66. The van der Waals surface area contributed by atoms with E-state index in [1.165, 1.54) is 0 Å². The molecule has 0 saturated heterocycles. The Bertz CT molecular complexity index is 717. The van der Waals surface area contributed by atoms with Crippen LogP contribution >= 0.6 is 11.6 Å². The second kappa shape index (κ2) is 6.26. The minimum atomic E-state index is 0.414. The first kappa shape index (κ1) is 14.1. The van der Waals surface area contributed by atoms with E-state index in [1.54, 1.807) is 0 Å². The zero-order valence-electron chi connectivity index (χ0n) is 12.0. The molecule has 0 aliphatic carbocycles. The molecular weight excluding hydrogens is 286 g/mol. The van der Waals surface area contributed by atoms with Crippen LogP contribution in [0.25, 0.3) is 11.2 Å². The third-order valence-electron chi connectivity index (χ3n) is 3.54. The van der Waals surface area contributed by atoms with Crippen LogP contribution in [0, 0.1) is 6.92 Å². The number of alkyl halides is 1. The lowest BCUT2D eigenvalue weighted by Gasteiger charge is -2.07. The summed E-state index contributed by atoms with van der Waals surface area (Å²) >= 11 is 6.01. The monoisotopic (exact) mass is 303 g/mol. The molecule has 0 amide bonds. The number of imidazole rings is 2. The molecule has 0 atom stereocenters. The number of hydrogen-bond acceptors (Lipinski definition) is 3. The Balaban J connectivity index is 1.71. The van der Waals surface area contributed by atoms with E-state index in [0.717, 1.165) is 48.6 Å². The molecule has 3 aromatic rings. The number of rotatable bonds is 6. The molecule has 0 radical (unpaired) electrons. The summed E-state index contributed by atoms with van der Waals surface area (Å²) in [7, 11) is 0. The third-order valence-corrected chi connectivity index (χ3v) is 3.78. The standard InChI is InChI=1S/C15H18ClN5/c1-12-4-5-13-15(18-12)21(14(10-16)19-13)8-3-2-7-20-9-6-17-11-20/h4-6,9,11H,2-3,7-8,10H2,1H3. The van der Waals surface area contributed by atoms with E-state index in [0.29, 0.717) is 5.88 Å². The van der Waals surface area contributed by atoms with Gasteiger partial charge in [-0.25, -0.2) is 15.0 Å². The highest BCUT2D eigenvalue weighted by Gasteiger charge is 2.10. The summed E-state index contributed by atoms with van der Waals surface area (Å²) in [5.74, 6) is 1.31. The second-order valence-corrected chi connectivity index (χ2v) is 5.38. The van der Waals surface area contributed by atoms with Crippen molar-refractivity contribution in [2.45, 2.75) is 38.7 Å². The summed E-state index contributed by atoms with van der Waals surface area (Å²) in [5, 5.41) is 0. The highest BCUT2D eigenvalue weighted by atomic mass is 35.5. The summed E-state index contributed by atoms with van der Waals surface area (Å²) in [5.41, 5.74) is 2.86. The van der Waals surface area contributed by atoms with Gasteiger partial charge in [-0.15, -0.1) is 11.6 Å². The molecule has 3 aromatic heterocycles. The van der Waals surface area contributed by atoms with E-state index in [-0.39, 0.29) is 0 Å². The molecule has 0 saturated carbocycles. The van der Waals surface area contributed by atoms with Crippen LogP contribution in [0.4, 0.5) is 0 Å². The summed E-state index contributed by atoms with van der Waals surface area (Å²) in [6, 6.07) is 3.99. The summed E-state index contributed by atoms with van der Waals surface area (Å²) in [6.07, 6.45) is 7.79. The first-order valence-electron chi connectivity index (χ1n) is 7.12. The third kappa shape index (κ3) is 3.08. The van der Waals surface area contributed by atoms with Gasteiger partial charge >= 0.3 is 0 Å². The van der Waals surface area contributed by atoms with Crippen LogP contribution in [-0.2, 0) is 19.0 Å². The Labute approximate surface area is 128 Å². The maximum absolute atomic E-state index is 6.01. The molecule has 0 unspecified atom stereocenters. The molecule has 3 rings (SSSR count). The zero-order valence-corrected chi connectivity index (χ0v) is 12.8. The largest absolute Gasteiger partial charge is 0.337 e. The van der Waals surface area contributed by atoms with Crippen molar-refractivity contribution in [3.63, 3.8) is 0 Å². The Morgan fingerprint density at radius 3 is 2.76 bits per heavy atom. The van der Waals surface area contributed by atoms with Gasteiger partial charge in [-0.1, -0.05) is 0 Å². The molecule has 0 spiro atoms. The van der Waals surface area contributed by atoms with Crippen molar-refractivity contribution in [1.82, 2.24) is 24.1 Å². The van der Waals surface area contributed by atoms with Crippen LogP contribution in [0.5, 0.6) is 0 Å². The van der Waals surface area contributed by atoms with Crippen LogP contribution in [0.3, 0.4) is 0 Å². The average molecular weight is 304 g/mol. The quantitative estimate of drug-likeness (QED) is 0.519. The van der Waals surface area contributed by atoms with Gasteiger partial charge in [-0.05, 0) is 31.9 Å². The Hall–Kier alpha value is -1.88. The van der Waals surface area contributed by atoms with Crippen molar-refractivity contribution in [3.8, 4) is 0 Å². The topological polar surface area (TPSA) is 48.5 Å². The molecule has 0 aliphatic rings. The molecule has 0 fully saturated rings. The fourth-order valence-corrected chi connectivity index (χ4v) is 2.67. The molecule has 0 aromatic carbocycles. The SMILES string of the molecule is Cc1ccc2nc(CCl)n(CCCCn3ccnc3)c2n1. The lowest BCUT2D eigenvalue weighted by Crippen LogP contribution is -2.05. The molecule has 0 aliphatic heterocycles. The average Bonchev–Trinajstić information content (AvgIpc) is 3.11. The highest BCUT2D eigenvalue weighted by molar-refractivity contribution is 6.16. The minimum Gasteiger partial charge on any atom is -0.337 e. The maximum atomic E-state index is 6.01. The molecule has 0 N–H and O–H groups in total. The molecule has 3 heterocycles. The summed E-state index contributed by atoms with van der Waals surface area (Å²) in [4.78, 5) is 13.2. The van der Waals surface area contributed by atoms with E-state index in [1.807, 2.05) is 37.8 Å². The van der Waals surface area contributed by atoms with Gasteiger partial charge in [0.15, 0.2) is 5.65 Å². The van der Waals surface area contributed by atoms with Crippen LogP contribution < -0.4 is 0 Å². The zero-order chi connectivity index (χ0) is 14.7. The van der Waals surface area contributed by atoms with E-state index < -0.39 is 0 Å². The van der Waals surface area contributed by atoms with Crippen molar-refractivity contribution in [1.29, 1.82) is 0 Å². The van der Waals surface area contributed by atoms with Gasteiger partial charge in [0.2, 0.25) is 0 Å².